The third-order valence-electron chi connectivity index (χ3n) is 2.07. The number of phenolic OH excluding ortho intramolecular Hbond substituents is 1. The van der Waals surface area contributed by atoms with Crippen molar-refractivity contribution in [3.63, 3.8) is 0 Å². The van der Waals surface area contributed by atoms with Gasteiger partial charge in [0, 0.05) is 13.3 Å². The summed E-state index contributed by atoms with van der Waals surface area (Å²) in [4.78, 5) is 21.7. The maximum absolute atomic E-state index is 11.3. The Labute approximate surface area is 93.9 Å². The number of rotatable bonds is 5. The van der Waals surface area contributed by atoms with E-state index in [-0.39, 0.29) is 18.1 Å². The van der Waals surface area contributed by atoms with Gasteiger partial charge < -0.3 is 9.84 Å². The number of carbonyl (C=O) groups excluding carboxylic acids is 2. The lowest BCUT2D eigenvalue weighted by molar-refractivity contribution is -0.145. The van der Waals surface area contributed by atoms with E-state index < -0.39 is 5.97 Å². The zero-order valence-corrected chi connectivity index (χ0v) is 9.10. The number of aromatic hydroxyl groups is 1. The van der Waals surface area contributed by atoms with Gasteiger partial charge in [-0.15, -0.1) is 0 Å². The van der Waals surface area contributed by atoms with Gasteiger partial charge in [-0.2, -0.15) is 0 Å². The zero-order valence-electron chi connectivity index (χ0n) is 9.10. The number of phenols is 1. The van der Waals surface area contributed by atoms with Gasteiger partial charge in [0.05, 0.1) is 0 Å². The van der Waals surface area contributed by atoms with E-state index in [2.05, 4.69) is 4.74 Å². The van der Waals surface area contributed by atoms with Crippen molar-refractivity contribution in [3.8, 4) is 5.75 Å². The lowest BCUT2D eigenvalue weighted by atomic mass is 10.1. The second-order valence-corrected chi connectivity index (χ2v) is 3.49. The highest BCUT2D eigenvalue weighted by molar-refractivity contribution is 5.82. The monoisotopic (exact) mass is 222 g/mol. The minimum absolute atomic E-state index is 0.108. The summed E-state index contributed by atoms with van der Waals surface area (Å²) in [5.41, 5.74) is 0.967. The molecule has 0 fully saturated rings. The summed E-state index contributed by atoms with van der Waals surface area (Å²) in [5, 5.41) is 9.05. The highest BCUT2D eigenvalue weighted by Gasteiger charge is 2.04. The van der Waals surface area contributed by atoms with Crippen LogP contribution in [-0.4, -0.2) is 23.5 Å². The van der Waals surface area contributed by atoms with Crippen molar-refractivity contribution >= 4 is 11.8 Å². The van der Waals surface area contributed by atoms with Crippen LogP contribution in [0, 0.1) is 0 Å². The molecule has 0 radical (unpaired) electrons. The molecular weight excluding hydrogens is 208 g/mol. The Morgan fingerprint density at radius 2 is 1.88 bits per heavy atom. The van der Waals surface area contributed by atoms with Gasteiger partial charge in [0.2, 0.25) is 0 Å². The quantitative estimate of drug-likeness (QED) is 0.766. The molecule has 0 aliphatic carbocycles. The van der Waals surface area contributed by atoms with Gasteiger partial charge in [-0.1, -0.05) is 12.1 Å². The average Bonchev–Trinajstić information content (AvgIpc) is 2.25. The van der Waals surface area contributed by atoms with Crippen LogP contribution in [0.25, 0.3) is 0 Å². The molecule has 0 saturated carbocycles. The van der Waals surface area contributed by atoms with Gasteiger partial charge in [0.1, 0.15) is 12.4 Å². The topological polar surface area (TPSA) is 63.6 Å². The second-order valence-electron chi connectivity index (χ2n) is 3.49. The molecule has 1 N–H and O–H groups in total. The third-order valence-corrected chi connectivity index (χ3v) is 2.07. The predicted octanol–water partition coefficient (Wildman–Crippen LogP) is 1.46. The third kappa shape index (κ3) is 4.59. The van der Waals surface area contributed by atoms with Gasteiger partial charge in [-0.25, -0.2) is 0 Å². The lowest BCUT2D eigenvalue weighted by Crippen LogP contribution is -2.12. The molecule has 0 atom stereocenters. The standard InChI is InChI=1S/C12H14O4/c1-9(13)16-8-12(15)7-4-10-2-5-11(14)6-3-10/h2-3,5-6,14H,4,7-8H2,1H3. The average molecular weight is 222 g/mol. The van der Waals surface area contributed by atoms with Crippen molar-refractivity contribution < 1.29 is 19.4 Å². The molecule has 0 spiro atoms. The van der Waals surface area contributed by atoms with Crippen molar-refractivity contribution in [1.82, 2.24) is 0 Å². The number of esters is 1. The van der Waals surface area contributed by atoms with Crippen LogP contribution in [0.2, 0.25) is 0 Å². The fourth-order valence-electron chi connectivity index (χ4n) is 1.20. The van der Waals surface area contributed by atoms with E-state index in [9.17, 15) is 9.59 Å². The van der Waals surface area contributed by atoms with Crippen molar-refractivity contribution in [2.75, 3.05) is 6.61 Å². The van der Waals surface area contributed by atoms with Crippen LogP contribution in [0.15, 0.2) is 24.3 Å². The van der Waals surface area contributed by atoms with Gasteiger partial charge in [-0.3, -0.25) is 9.59 Å². The normalized spacial score (nSPS) is 9.81. The highest BCUT2D eigenvalue weighted by Crippen LogP contribution is 2.11. The first-order valence-electron chi connectivity index (χ1n) is 5.01. The van der Waals surface area contributed by atoms with Crippen molar-refractivity contribution in [1.29, 1.82) is 0 Å². The fourth-order valence-corrected chi connectivity index (χ4v) is 1.20. The van der Waals surface area contributed by atoms with Crippen LogP contribution < -0.4 is 0 Å². The van der Waals surface area contributed by atoms with E-state index in [4.69, 9.17) is 5.11 Å². The van der Waals surface area contributed by atoms with Crippen molar-refractivity contribution in [2.45, 2.75) is 19.8 Å². The Morgan fingerprint density at radius 1 is 1.25 bits per heavy atom. The summed E-state index contributed by atoms with van der Waals surface area (Å²) in [6.45, 7) is 1.11. The van der Waals surface area contributed by atoms with Crippen LogP contribution in [0.4, 0.5) is 0 Å². The number of ketones is 1. The van der Waals surface area contributed by atoms with E-state index in [1.807, 2.05) is 0 Å². The smallest absolute Gasteiger partial charge is 0.303 e. The van der Waals surface area contributed by atoms with E-state index in [1.165, 1.54) is 6.92 Å². The molecule has 0 unspecified atom stereocenters. The molecule has 1 aromatic rings. The zero-order chi connectivity index (χ0) is 12.0. The van der Waals surface area contributed by atoms with Gasteiger partial charge in [0.25, 0.3) is 0 Å². The van der Waals surface area contributed by atoms with Crippen LogP contribution >= 0.6 is 0 Å². The van der Waals surface area contributed by atoms with Crippen LogP contribution in [0.1, 0.15) is 18.9 Å². The van der Waals surface area contributed by atoms with Crippen molar-refractivity contribution in [3.05, 3.63) is 29.8 Å². The maximum atomic E-state index is 11.3. The van der Waals surface area contributed by atoms with Crippen molar-refractivity contribution in [2.24, 2.45) is 0 Å². The number of hydrogen-bond donors (Lipinski definition) is 1. The largest absolute Gasteiger partial charge is 0.508 e. The minimum Gasteiger partial charge on any atom is -0.508 e. The SMILES string of the molecule is CC(=O)OCC(=O)CCc1ccc(O)cc1. The Hall–Kier alpha value is -1.84. The Morgan fingerprint density at radius 3 is 2.44 bits per heavy atom. The Bertz CT molecular complexity index is 367. The number of carbonyl (C=O) groups is 2. The molecule has 0 aliphatic heterocycles. The van der Waals surface area contributed by atoms with E-state index in [0.29, 0.717) is 12.8 Å². The molecule has 1 aromatic carbocycles. The summed E-state index contributed by atoms with van der Waals surface area (Å²) in [6.07, 6.45) is 0.915. The number of benzene rings is 1. The molecule has 0 saturated heterocycles. The lowest BCUT2D eigenvalue weighted by Gasteiger charge is -2.02. The predicted molar refractivity (Wildman–Crippen MR) is 58.1 cm³/mol. The van der Waals surface area contributed by atoms with Crippen LogP contribution in [0.3, 0.4) is 0 Å². The molecule has 16 heavy (non-hydrogen) atoms. The number of hydrogen-bond acceptors (Lipinski definition) is 4. The summed E-state index contributed by atoms with van der Waals surface area (Å²) in [7, 11) is 0. The van der Waals surface area contributed by atoms with Crippen LogP contribution in [0.5, 0.6) is 5.75 Å². The second kappa shape index (κ2) is 5.90. The summed E-state index contributed by atoms with van der Waals surface area (Å²) in [5.74, 6) is -0.351. The van der Waals surface area contributed by atoms with Gasteiger partial charge in [-0.05, 0) is 24.1 Å². The molecule has 0 bridgehead atoms. The number of ether oxygens (including phenoxy) is 1. The first-order valence-corrected chi connectivity index (χ1v) is 5.01. The minimum atomic E-state index is -0.446. The maximum Gasteiger partial charge on any atom is 0.303 e. The first kappa shape index (κ1) is 12.2. The van der Waals surface area contributed by atoms with E-state index in [1.54, 1.807) is 24.3 Å². The highest BCUT2D eigenvalue weighted by atomic mass is 16.5. The van der Waals surface area contributed by atoms with Crippen LogP contribution in [-0.2, 0) is 20.7 Å². The molecule has 0 aromatic heterocycles. The van der Waals surface area contributed by atoms with E-state index in [0.717, 1.165) is 5.56 Å². The molecule has 1 rings (SSSR count). The Balaban J connectivity index is 2.31. The summed E-state index contributed by atoms with van der Waals surface area (Å²) in [6, 6.07) is 6.67. The molecule has 86 valence electrons. The van der Waals surface area contributed by atoms with Gasteiger partial charge in [0.15, 0.2) is 5.78 Å². The van der Waals surface area contributed by atoms with Gasteiger partial charge >= 0.3 is 5.97 Å². The molecule has 4 nitrogen and oxygen atoms in total. The number of Topliss-reactive ketones (excluding diaryl/α,β-unsaturated/α-hetero) is 1. The number of aryl methyl sites for hydroxylation is 1. The Kier molecular flexibility index (Phi) is 4.51. The molecule has 0 aliphatic rings. The summed E-state index contributed by atoms with van der Waals surface area (Å²) < 4.78 is 4.58. The molecule has 4 heteroatoms. The molecule has 0 heterocycles. The van der Waals surface area contributed by atoms with E-state index >= 15 is 0 Å². The fraction of sp³-hybridized carbons (Fsp3) is 0.333. The first-order chi connectivity index (χ1) is 7.58. The summed E-state index contributed by atoms with van der Waals surface area (Å²) >= 11 is 0. The molecular formula is C12H14O4. The molecule has 0 amide bonds.